The van der Waals surface area contributed by atoms with Gasteiger partial charge in [-0.3, -0.25) is 9.59 Å². The van der Waals surface area contributed by atoms with E-state index < -0.39 is 11.9 Å². The van der Waals surface area contributed by atoms with Crippen LogP contribution < -0.4 is 4.74 Å². The number of carboxylic acid groups (broad SMARTS) is 1. The van der Waals surface area contributed by atoms with E-state index in [1.807, 2.05) is 6.92 Å². The molecule has 1 unspecified atom stereocenters. The molecule has 0 heterocycles. The summed E-state index contributed by atoms with van der Waals surface area (Å²) in [5, 5.41) is 8.75. The largest absolute Gasteiger partial charge is 0.494 e. The molecule has 4 heteroatoms. The first kappa shape index (κ1) is 14.2. The number of carbonyl (C=O) groups excluding carboxylic acids is 1. The summed E-state index contributed by atoms with van der Waals surface area (Å²) in [6.07, 6.45) is 0.946. The Balaban J connectivity index is 2.61. The van der Waals surface area contributed by atoms with Crippen LogP contribution in [0.15, 0.2) is 24.3 Å². The van der Waals surface area contributed by atoms with Crippen molar-refractivity contribution in [2.24, 2.45) is 5.92 Å². The molecule has 0 spiro atoms. The van der Waals surface area contributed by atoms with Crippen molar-refractivity contribution < 1.29 is 19.4 Å². The van der Waals surface area contributed by atoms with Gasteiger partial charge in [0, 0.05) is 12.0 Å². The third kappa shape index (κ3) is 4.20. The van der Waals surface area contributed by atoms with Crippen molar-refractivity contribution in [3.05, 3.63) is 29.8 Å². The second-order valence-electron chi connectivity index (χ2n) is 4.24. The maximum absolute atomic E-state index is 11.8. The van der Waals surface area contributed by atoms with E-state index in [2.05, 4.69) is 0 Å². The fourth-order valence-corrected chi connectivity index (χ4v) is 1.44. The van der Waals surface area contributed by atoms with Gasteiger partial charge in [-0.15, -0.1) is 0 Å². The van der Waals surface area contributed by atoms with E-state index in [0.29, 0.717) is 12.2 Å². The van der Waals surface area contributed by atoms with E-state index in [0.717, 1.165) is 12.2 Å². The molecule has 0 amide bonds. The third-order valence-corrected chi connectivity index (χ3v) is 2.56. The zero-order chi connectivity index (χ0) is 13.5. The maximum atomic E-state index is 11.8. The van der Waals surface area contributed by atoms with Crippen molar-refractivity contribution in [2.75, 3.05) is 6.61 Å². The normalized spacial score (nSPS) is 11.9. The van der Waals surface area contributed by atoms with E-state index in [-0.39, 0.29) is 12.2 Å². The molecule has 0 saturated heterocycles. The van der Waals surface area contributed by atoms with E-state index >= 15 is 0 Å². The lowest BCUT2D eigenvalue weighted by atomic mass is 10.00. The highest BCUT2D eigenvalue weighted by atomic mass is 16.5. The van der Waals surface area contributed by atoms with Crippen LogP contribution in [0.2, 0.25) is 0 Å². The molecule has 0 aliphatic carbocycles. The molecule has 0 bridgehead atoms. The number of carboxylic acids is 1. The lowest BCUT2D eigenvalue weighted by Crippen LogP contribution is -2.14. The maximum Gasteiger partial charge on any atom is 0.306 e. The molecule has 1 aromatic rings. The zero-order valence-corrected chi connectivity index (χ0v) is 10.7. The fraction of sp³-hybridized carbons (Fsp3) is 0.429. The van der Waals surface area contributed by atoms with Crippen molar-refractivity contribution in [1.82, 2.24) is 0 Å². The predicted molar refractivity (Wildman–Crippen MR) is 68.0 cm³/mol. The van der Waals surface area contributed by atoms with Crippen molar-refractivity contribution >= 4 is 11.8 Å². The van der Waals surface area contributed by atoms with Crippen molar-refractivity contribution in [3.63, 3.8) is 0 Å². The molecule has 98 valence electrons. The third-order valence-electron chi connectivity index (χ3n) is 2.56. The summed E-state index contributed by atoms with van der Waals surface area (Å²) in [5.41, 5.74) is 0.520. The van der Waals surface area contributed by atoms with Crippen LogP contribution in [0.5, 0.6) is 5.75 Å². The molecule has 1 rings (SSSR count). The van der Waals surface area contributed by atoms with Crippen LogP contribution in [0.1, 0.15) is 37.0 Å². The molecule has 0 aliphatic rings. The lowest BCUT2D eigenvalue weighted by Gasteiger charge is -2.07. The quantitative estimate of drug-likeness (QED) is 0.756. The Bertz CT molecular complexity index is 408. The number of aliphatic carboxylic acids is 1. The number of hydrogen-bond donors (Lipinski definition) is 1. The number of rotatable bonds is 7. The minimum absolute atomic E-state index is 0.0184. The van der Waals surface area contributed by atoms with Crippen LogP contribution in [-0.4, -0.2) is 23.5 Å². The number of Topliss-reactive ketones (excluding diaryl/α,β-unsaturated/α-hetero) is 1. The van der Waals surface area contributed by atoms with Crippen molar-refractivity contribution in [2.45, 2.75) is 26.7 Å². The molecular formula is C14H18O4. The first-order chi connectivity index (χ1) is 8.54. The molecule has 1 N–H and O–H groups in total. The van der Waals surface area contributed by atoms with Crippen LogP contribution in [0.25, 0.3) is 0 Å². The summed E-state index contributed by atoms with van der Waals surface area (Å²) in [6, 6.07) is 6.80. The van der Waals surface area contributed by atoms with Crippen molar-refractivity contribution in [3.8, 4) is 5.75 Å². The van der Waals surface area contributed by atoms with Gasteiger partial charge in [0.05, 0.1) is 12.5 Å². The Kier molecular flexibility index (Phi) is 5.36. The topological polar surface area (TPSA) is 63.6 Å². The standard InChI is InChI=1S/C14H18O4/c1-3-8-18-12-6-4-11(5-7-12)13(15)9-10(2)14(16)17/h4-7,10H,3,8-9H2,1-2H3,(H,16,17). The van der Waals surface area contributed by atoms with Gasteiger partial charge in [0.1, 0.15) is 5.75 Å². The zero-order valence-electron chi connectivity index (χ0n) is 10.7. The van der Waals surface area contributed by atoms with Crippen LogP contribution in [0, 0.1) is 5.92 Å². The highest BCUT2D eigenvalue weighted by Gasteiger charge is 2.16. The van der Waals surface area contributed by atoms with Gasteiger partial charge in [-0.25, -0.2) is 0 Å². The van der Waals surface area contributed by atoms with E-state index in [1.54, 1.807) is 24.3 Å². The Morgan fingerprint density at radius 2 is 1.89 bits per heavy atom. The minimum atomic E-state index is -0.953. The Morgan fingerprint density at radius 1 is 1.28 bits per heavy atom. The van der Waals surface area contributed by atoms with E-state index in [4.69, 9.17) is 9.84 Å². The summed E-state index contributed by atoms with van der Waals surface area (Å²) in [6.45, 7) is 4.19. The molecule has 0 aromatic heterocycles. The number of ether oxygens (including phenoxy) is 1. The van der Waals surface area contributed by atoms with Crippen LogP contribution in [0.3, 0.4) is 0 Å². The molecule has 0 saturated carbocycles. The first-order valence-corrected chi connectivity index (χ1v) is 6.03. The molecule has 1 aromatic carbocycles. The van der Waals surface area contributed by atoms with Gasteiger partial charge in [0.2, 0.25) is 0 Å². The average molecular weight is 250 g/mol. The molecular weight excluding hydrogens is 232 g/mol. The summed E-state index contributed by atoms with van der Waals surface area (Å²) in [5.74, 6) is -1.05. The highest BCUT2D eigenvalue weighted by molar-refractivity contribution is 5.97. The highest BCUT2D eigenvalue weighted by Crippen LogP contribution is 2.15. The van der Waals surface area contributed by atoms with Gasteiger partial charge in [-0.05, 0) is 30.7 Å². The summed E-state index contributed by atoms with van der Waals surface area (Å²) >= 11 is 0. The van der Waals surface area contributed by atoms with E-state index in [9.17, 15) is 9.59 Å². The number of carbonyl (C=O) groups is 2. The summed E-state index contributed by atoms with van der Waals surface area (Å²) in [4.78, 5) is 22.4. The minimum Gasteiger partial charge on any atom is -0.494 e. The van der Waals surface area contributed by atoms with Gasteiger partial charge in [0.15, 0.2) is 5.78 Å². The average Bonchev–Trinajstić information content (AvgIpc) is 2.36. The van der Waals surface area contributed by atoms with Gasteiger partial charge in [0.25, 0.3) is 0 Å². The first-order valence-electron chi connectivity index (χ1n) is 6.03. The molecule has 0 fully saturated rings. The van der Waals surface area contributed by atoms with Crippen LogP contribution in [-0.2, 0) is 4.79 Å². The lowest BCUT2D eigenvalue weighted by molar-refractivity contribution is -0.141. The van der Waals surface area contributed by atoms with Gasteiger partial charge >= 0.3 is 5.97 Å². The van der Waals surface area contributed by atoms with Gasteiger partial charge < -0.3 is 9.84 Å². The van der Waals surface area contributed by atoms with Gasteiger partial charge in [-0.2, -0.15) is 0 Å². The predicted octanol–water partition coefficient (Wildman–Crippen LogP) is 2.77. The molecule has 0 radical (unpaired) electrons. The molecule has 4 nitrogen and oxygen atoms in total. The van der Waals surface area contributed by atoms with Gasteiger partial charge in [-0.1, -0.05) is 13.8 Å². The van der Waals surface area contributed by atoms with Crippen molar-refractivity contribution in [1.29, 1.82) is 0 Å². The van der Waals surface area contributed by atoms with E-state index in [1.165, 1.54) is 6.92 Å². The Hall–Kier alpha value is -1.84. The summed E-state index contributed by atoms with van der Waals surface area (Å²) < 4.78 is 5.40. The molecule has 1 atom stereocenters. The second-order valence-corrected chi connectivity index (χ2v) is 4.24. The molecule has 0 aliphatic heterocycles. The number of ketones is 1. The number of hydrogen-bond acceptors (Lipinski definition) is 3. The Morgan fingerprint density at radius 3 is 2.39 bits per heavy atom. The molecule has 18 heavy (non-hydrogen) atoms. The monoisotopic (exact) mass is 250 g/mol. The Labute approximate surface area is 107 Å². The SMILES string of the molecule is CCCOc1ccc(C(=O)CC(C)C(=O)O)cc1. The summed E-state index contributed by atoms with van der Waals surface area (Å²) in [7, 11) is 0. The smallest absolute Gasteiger partial charge is 0.306 e. The second kappa shape index (κ2) is 6.79. The number of benzene rings is 1. The van der Waals surface area contributed by atoms with Crippen LogP contribution in [0.4, 0.5) is 0 Å². The van der Waals surface area contributed by atoms with Crippen LogP contribution >= 0.6 is 0 Å². The fourth-order valence-electron chi connectivity index (χ4n) is 1.44.